The van der Waals surface area contributed by atoms with E-state index in [0.29, 0.717) is 0 Å². The lowest BCUT2D eigenvalue weighted by Crippen LogP contribution is -2.46. The van der Waals surface area contributed by atoms with Crippen molar-refractivity contribution in [3.63, 3.8) is 0 Å². The first-order valence-electron chi connectivity index (χ1n) is 11.1. The number of anilines is 1. The van der Waals surface area contributed by atoms with Crippen molar-refractivity contribution in [2.75, 3.05) is 37.6 Å². The van der Waals surface area contributed by atoms with Gasteiger partial charge in [0, 0.05) is 32.4 Å². The van der Waals surface area contributed by atoms with E-state index in [0.717, 1.165) is 79.6 Å². The van der Waals surface area contributed by atoms with E-state index >= 15 is 0 Å². The predicted octanol–water partition coefficient (Wildman–Crippen LogP) is 4.31. The number of aromatic amines is 1. The molecule has 5 rings (SSSR count). The molecule has 2 aromatic heterocycles. The van der Waals surface area contributed by atoms with Crippen LogP contribution in [0.3, 0.4) is 0 Å². The van der Waals surface area contributed by atoms with Crippen LogP contribution < -0.4 is 10.2 Å². The smallest absolute Gasteiger partial charge is 0.124 e. The molecule has 2 N–H and O–H groups in total. The lowest BCUT2D eigenvalue weighted by atomic mass is 9.96. The molecular weight excluding hydrogens is 396 g/mol. The average molecular weight is 425 g/mol. The summed E-state index contributed by atoms with van der Waals surface area (Å²) in [4.78, 5) is 18.1. The molecule has 2 saturated heterocycles. The Bertz CT molecular complexity index is 1010. The molecular formula is C23H29ClN6. The van der Waals surface area contributed by atoms with Crippen molar-refractivity contribution in [3.05, 3.63) is 53.1 Å². The molecule has 1 aromatic carbocycles. The number of imidazole rings is 1. The van der Waals surface area contributed by atoms with Crippen LogP contribution in [0.1, 0.15) is 49.8 Å². The second-order valence-corrected chi connectivity index (χ2v) is 8.70. The van der Waals surface area contributed by atoms with Crippen molar-refractivity contribution in [2.24, 2.45) is 0 Å². The highest BCUT2D eigenvalue weighted by Crippen LogP contribution is 2.35. The van der Waals surface area contributed by atoms with Gasteiger partial charge in [0.1, 0.15) is 5.82 Å². The summed E-state index contributed by atoms with van der Waals surface area (Å²) in [6, 6.07) is 10.6. The quantitative estimate of drug-likeness (QED) is 0.653. The number of benzene rings is 1. The number of para-hydroxylation sites is 1. The summed E-state index contributed by atoms with van der Waals surface area (Å²) >= 11 is 6.41. The SMILES string of the molecule is CCN1CCN(c2cccc3nc([C@H]4CCC[C@@H](c5ncccc5Cl)N4)[nH]c23)CC1. The zero-order valence-corrected chi connectivity index (χ0v) is 18.2. The van der Waals surface area contributed by atoms with Crippen LogP contribution in [0.5, 0.6) is 0 Å². The van der Waals surface area contributed by atoms with Gasteiger partial charge in [-0.25, -0.2) is 4.98 Å². The summed E-state index contributed by atoms with van der Waals surface area (Å²) in [5.41, 5.74) is 4.40. The minimum Gasteiger partial charge on any atom is -0.367 e. The van der Waals surface area contributed by atoms with E-state index in [1.165, 1.54) is 5.69 Å². The Balaban J connectivity index is 1.39. The third-order valence-corrected chi connectivity index (χ3v) is 6.83. The van der Waals surface area contributed by atoms with Gasteiger partial charge in [0.05, 0.1) is 39.5 Å². The molecule has 0 bridgehead atoms. The number of pyridine rings is 1. The minimum atomic E-state index is 0.159. The molecule has 2 fully saturated rings. The van der Waals surface area contributed by atoms with Crippen molar-refractivity contribution in [1.82, 2.24) is 25.2 Å². The number of nitrogens with zero attached hydrogens (tertiary/aromatic N) is 4. The van der Waals surface area contributed by atoms with Crippen molar-refractivity contribution in [3.8, 4) is 0 Å². The second kappa shape index (κ2) is 8.53. The Hall–Kier alpha value is -2.15. The fourth-order valence-corrected chi connectivity index (χ4v) is 5.04. The first-order valence-corrected chi connectivity index (χ1v) is 11.4. The number of piperidine rings is 1. The van der Waals surface area contributed by atoms with Gasteiger partial charge in [-0.1, -0.05) is 24.6 Å². The van der Waals surface area contributed by atoms with Gasteiger partial charge >= 0.3 is 0 Å². The monoisotopic (exact) mass is 424 g/mol. The van der Waals surface area contributed by atoms with Gasteiger partial charge in [-0.05, 0) is 50.1 Å². The third kappa shape index (κ3) is 3.80. The van der Waals surface area contributed by atoms with Crippen LogP contribution in [-0.2, 0) is 0 Å². The van der Waals surface area contributed by atoms with E-state index < -0.39 is 0 Å². The lowest BCUT2D eigenvalue weighted by molar-refractivity contribution is 0.271. The molecule has 30 heavy (non-hydrogen) atoms. The number of hydrogen-bond acceptors (Lipinski definition) is 5. The topological polar surface area (TPSA) is 60.1 Å². The van der Waals surface area contributed by atoms with Gasteiger partial charge in [0.2, 0.25) is 0 Å². The number of piperazine rings is 1. The van der Waals surface area contributed by atoms with Crippen LogP contribution in [0.25, 0.3) is 11.0 Å². The molecule has 2 atom stereocenters. The molecule has 0 saturated carbocycles. The predicted molar refractivity (Wildman–Crippen MR) is 122 cm³/mol. The van der Waals surface area contributed by atoms with Crippen LogP contribution in [0.15, 0.2) is 36.5 Å². The van der Waals surface area contributed by atoms with Gasteiger partial charge in [-0.15, -0.1) is 0 Å². The maximum Gasteiger partial charge on any atom is 0.124 e. The first-order chi connectivity index (χ1) is 14.7. The summed E-state index contributed by atoms with van der Waals surface area (Å²) in [5, 5.41) is 4.47. The summed E-state index contributed by atoms with van der Waals surface area (Å²) in [5.74, 6) is 1.02. The molecule has 6 nitrogen and oxygen atoms in total. The maximum absolute atomic E-state index is 6.41. The first kappa shape index (κ1) is 19.8. The summed E-state index contributed by atoms with van der Waals surface area (Å²) in [6.07, 6.45) is 5.04. The van der Waals surface area contributed by atoms with Gasteiger partial charge in [-0.3, -0.25) is 10.3 Å². The zero-order chi connectivity index (χ0) is 20.5. The molecule has 3 aromatic rings. The Morgan fingerprint density at radius 3 is 2.70 bits per heavy atom. The van der Waals surface area contributed by atoms with E-state index in [-0.39, 0.29) is 12.1 Å². The van der Waals surface area contributed by atoms with Crippen LogP contribution in [0, 0.1) is 0 Å². The summed E-state index contributed by atoms with van der Waals surface area (Å²) in [7, 11) is 0. The Labute approximate surface area is 182 Å². The number of likely N-dealkylation sites (N-methyl/N-ethyl adjacent to an activating group) is 1. The second-order valence-electron chi connectivity index (χ2n) is 8.29. The van der Waals surface area contributed by atoms with Crippen LogP contribution >= 0.6 is 11.6 Å². The maximum atomic E-state index is 6.41. The van der Waals surface area contributed by atoms with Crippen molar-refractivity contribution < 1.29 is 0 Å². The minimum absolute atomic E-state index is 0.159. The summed E-state index contributed by atoms with van der Waals surface area (Å²) < 4.78 is 0. The number of H-pyrrole nitrogens is 1. The molecule has 0 spiro atoms. The standard InChI is InChI=1S/C23H29ClN6/c1-2-29-12-14-30(15-13-29)20-10-4-8-18-22(20)28-23(27-18)19-9-3-7-17(26-19)21-16(24)6-5-11-25-21/h4-6,8,10-11,17,19,26H,2-3,7,9,12-15H2,1H3,(H,27,28)/t17-,19+/m0/s1. The molecule has 0 unspecified atom stereocenters. The zero-order valence-electron chi connectivity index (χ0n) is 17.4. The molecule has 7 heteroatoms. The molecule has 2 aliphatic rings. The van der Waals surface area contributed by atoms with Crippen molar-refractivity contribution >= 4 is 28.3 Å². The Morgan fingerprint density at radius 1 is 1.07 bits per heavy atom. The average Bonchev–Trinajstić information content (AvgIpc) is 3.24. The van der Waals surface area contributed by atoms with E-state index in [4.69, 9.17) is 16.6 Å². The van der Waals surface area contributed by atoms with Crippen molar-refractivity contribution in [2.45, 2.75) is 38.3 Å². The Morgan fingerprint density at radius 2 is 1.90 bits per heavy atom. The van der Waals surface area contributed by atoms with Crippen LogP contribution in [-0.4, -0.2) is 52.6 Å². The molecule has 0 amide bonds. The molecule has 0 radical (unpaired) electrons. The number of halogens is 1. The molecule has 2 aliphatic heterocycles. The highest BCUT2D eigenvalue weighted by molar-refractivity contribution is 6.31. The van der Waals surface area contributed by atoms with E-state index in [9.17, 15) is 0 Å². The lowest BCUT2D eigenvalue weighted by Gasteiger charge is -2.35. The van der Waals surface area contributed by atoms with Gasteiger partial charge < -0.3 is 14.8 Å². The fourth-order valence-electron chi connectivity index (χ4n) is 4.79. The van der Waals surface area contributed by atoms with E-state index in [1.54, 1.807) is 0 Å². The van der Waals surface area contributed by atoms with Gasteiger partial charge in [0.15, 0.2) is 0 Å². The highest BCUT2D eigenvalue weighted by atomic mass is 35.5. The highest BCUT2D eigenvalue weighted by Gasteiger charge is 2.28. The fraction of sp³-hybridized carbons (Fsp3) is 0.478. The Kier molecular flexibility index (Phi) is 5.63. The summed E-state index contributed by atoms with van der Waals surface area (Å²) in [6.45, 7) is 7.71. The number of nitrogens with one attached hydrogen (secondary N) is 2. The van der Waals surface area contributed by atoms with Crippen molar-refractivity contribution in [1.29, 1.82) is 0 Å². The normalized spacial score (nSPS) is 23.2. The van der Waals surface area contributed by atoms with E-state index in [2.05, 4.69) is 50.2 Å². The number of fused-ring (bicyclic) bond motifs is 1. The van der Waals surface area contributed by atoms with Gasteiger partial charge in [-0.2, -0.15) is 0 Å². The van der Waals surface area contributed by atoms with E-state index in [1.807, 2.05) is 18.3 Å². The van der Waals surface area contributed by atoms with Crippen LogP contribution in [0.2, 0.25) is 5.02 Å². The molecule has 4 heterocycles. The third-order valence-electron chi connectivity index (χ3n) is 6.51. The molecule has 0 aliphatic carbocycles. The van der Waals surface area contributed by atoms with Gasteiger partial charge in [0.25, 0.3) is 0 Å². The largest absolute Gasteiger partial charge is 0.367 e. The molecule has 158 valence electrons. The van der Waals surface area contributed by atoms with Crippen LogP contribution in [0.4, 0.5) is 5.69 Å². The number of aromatic nitrogens is 3. The number of rotatable bonds is 4. The number of hydrogen-bond donors (Lipinski definition) is 2.